The van der Waals surface area contributed by atoms with Crippen LogP contribution in [0, 0.1) is 11.6 Å². The van der Waals surface area contributed by atoms with E-state index in [1.165, 1.54) is 0 Å². The Morgan fingerprint density at radius 3 is 2.50 bits per heavy atom. The number of nitrogens with zero attached hydrogens (tertiary/aromatic N) is 2. The second-order valence-electron chi connectivity index (χ2n) is 6.07. The number of amides is 1. The maximum absolute atomic E-state index is 13.6. The molecule has 0 aliphatic rings. The highest BCUT2D eigenvalue weighted by Gasteiger charge is 2.10. The number of benzene rings is 2. The fourth-order valence-electron chi connectivity index (χ4n) is 2.50. The van der Waals surface area contributed by atoms with E-state index in [-0.39, 0.29) is 42.0 Å². The van der Waals surface area contributed by atoms with Gasteiger partial charge in [-0.2, -0.15) is 0 Å². The Kier molecular flexibility index (Phi) is 10.4. The average Bonchev–Trinajstić information content (AvgIpc) is 2.67. The first-order chi connectivity index (χ1) is 13.0. The predicted octanol–water partition coefficient (Wildman–Crippen LogP) is 3.30. The molecule has 152 valence electrons. The Morgan fingerprint density at radius 1 is 1.11 bits per heavy atom. The van der Waals surface area contributed by atoms with Crippen LogP contribution in [0.5, 0.6) is 0 Å². The quantitative estimate of drug-likeness (QED) is 0.347. The van der Waals surface area contributed by atoms with Crippen molar-refractivity contribution in [1.82, 2.24) is 15.5 Å². The summed E-state index contributed by atoms with van der Waals surface area (Å²) in [4.78, 5) is 17.9. The Morgan fingerprint density at radius 2 is 1.82 bits per heavy atom. The van der Waals surface area contributed by atoms with Crippen molar-refractivity contribution in [3.05, 3.63) is 71.3 Å². The molecule has 0 unspecified atom stereocenters. The van der Waals surface area contributed by atoms with Gasteiger partial charge in [0.25, 0.3) is 0 Å². The number of guanidine groups is 1. The zero-order valence-electron chi connectivity index (χ0n) is 15.9. The van der Waals surface area contributed by atoms with E-state index in [2.05, 4.69) is 15.6 Å². The highest BCUT2D eigenvalue weighted by Crippen LogP contribution is 2.09. The van der Waals surface area contributed by atoms with Gasteiger partial charge in [0.1, 0.15) is 11.6 Å². The first-order valence-electron chi connectivity index (χ1n) is 8.66. The maximum atomic E-state index is 13.6. The molecule has 0 heterocycles. The van der Waals surface area contributed by atoms with Crippen LogP contribution >= 0.6 is 24.0 Å². The number of aliphatic imine (C=N–C) groups is 1. The Bertz CT molecular complexity index is 787. The third-order valence-corrected chi connectivity index (χ3v) is 4.00. The number of hydrogen-bond acceptors (Lipinski definition) is 2. The van der Waals surface area contributed by atoms with Crippen LogP contribution in [0.1, 0.15) is 17.5 Å². The second-order valence-corrected chi connectivity index (χ2v) is 6.07. The highest BCUT2D eigenvalue weighted by atomic mass is 127. The molecule has 0 saturated carbocycles. The number of halogens is 3. The van der Waals surface area contributed by atoms with Gasteiger partial charge in [-0.1, -0.05) is 30.3 Å². The van der Waals surface area contributed by atoms with Gasteiger partial charge in [-0.3, -0.25) is 9.79 Å². The summed E-state index contributed by atoms with van der Waals surface area (Å²) in [5.74, 6) is -0.574. The summed E-state index contributed by atoms with van der Waals surface area (Å²) in [5.41, 5.74) is 1.27. The molecule has 2 rings (SSSR count). The molecule has 2 N–H and O–H groups in total. The van der Waals surface area contributed by atoms with Gasteiger partial charge in [0.05, 0.1) is 0 Å². The minimum absolute atomic E-state index is 0. The molecule has 0 bridgehead atoms. The van der Waals surface area contributed by atoms with Crippen LogP contribution in [0.2, 0.25) is 0 Å². The summed E-state index contributed by atoms with van der Waals surface area (Å²) >= 11 is 0. The topological polar surface area (TPSA) is 56.7 Å². The molecule has 0 fully saturated rings. The van der Waals surface area contributed by atoms with E-state index in [4.69, 9.17) is 0 Å². The summed E-state index contributed by atoms with van der Waals surface area (Å²) in [7, 11) is 3.33. The predicted molar refractivity (Wildman–Crippen MR) is 118 cm³/mol. The van der Waals surface area contributed by atoms with Crippen LogP contribution in [-0.4, -0.2) is 37.4 Å². The molecule has 2 aromatic carbocycles. The fourth-order valence-corrected chi connectivity index (χ4v) is 2.50. The van der Waals surface area contributed by atoms with E-state index in [9.17, 15) is 13.6 Å². The number of nitrogens with one attached hydrogen (secondary N) is 2. The Balaban J connectivity index is 0.00000392. The van der Waals surface area contributed by atoms with E-state index in [0.29, 0.717) is 25.5 Å². The lowest BCUT2D eigenvalue weighted by molar-refractivity contribution is -0.130. The largest absolute Gasteiger partial charge is 0.356 e. The smallest absolute Gasteiger partial charge is 0.224 e. The maximum Gasteiger partial charge on any atom is 0.224 e. The summed E-state index contributed by atoms with van der Waals surface area (Å²) in [6.45, 7) is 1.01. The summed E-state index contributed by atoms with van der Waals surface area (Å²) in [6.07, 6.45) is 0.290. The standard InChI is InChI=1S/C20H24F2N4O.HI/c1-23-20(25-13-16-12-17(21)8-9-18(16)22)24-11-10-19(27)26(2)14-15-6-4-3-5-7-15;/h3-9,12H,10-11,13-14H2,1-2H3,(H2,23,24,25);1H. The molecule has 0 spiro atoms. The molecule has 2 aromatic rings. The minimum atomic E-state index is -0.497. The van der Waals surface area contributed by atoms with Crippen molar-refractivity contribution < 1.29 is 13.6 Å². The van der Waals surface area contributed by atoms with Crippen molar-refractivity contribution in [3.8, 4) is 0 Å². The second kappa shape index (κ2) is 12.3. The molecule has 1 amide bonds. The van der Waals surface area contributed by atoms with Crippen LogP contribution in [-0.2, 0) is 17.9 Å². The van der Waals surface area contributed by atoms with Gasteiger partial charge in [-0.25, -0.2) is 8.78 Å². The molecule has 28 heavy (non-hydrogen) atoms. The zero-order chi connectivity index (χ0) is 19.6. The molecular formula is C20H25F2IN4O. The number of rotatable bonds is 7. The van der Waals surface area contributed by atoms with E-state index in [1.807, 2.05) is 30.3 Å². The molecule has 0 atom stereocenters. The first-order valence-corrected chi connectivity index (χ1v) is 8.66. The molecule has 0 radical (unpaired) electrons. The van der Waals surface area contributed by atoms with Crippen LogP contribution in [0.4, 0.5) is 8.78 Å². The van der Waals surface area contributed by atoms with E-state index >= 15 is 0 Å². The lowest BCUT2D eigenvalue weighted by Crippen LogP contribution is -2.39. The summed E-state index contributed by atoms with van der Waals surface area (Å²) in [6, 6.07) is 13.0. The van der Waals surface area contributed by atoms with Gasteiger partial charge in [-0.05, 0) is 23.8 Å². The molecule has 0 saturated heterocycles. The third kappa shape index (κ3) is 7.79. The van der Waals surface area contributed by atoms with Gasteiger partial charge in [-0.15, -0.1) is 24.0 Å². The van der Waals surface area contributed by atoms with Crippen molar-refractivity contribution in [1.29, 1.82) is 0 Å². The summed E-state index contributed by atoms with van der Waals surface area (Å²) < 4.78 is 26.8. The SMILES string of the molecule is CN=C(NCCC(=O)N(C)Cc1ccccc1)NCc1cc(F)ccc1F.I. The van der Waals surface area contributed by atoms with Gasteiger partial charge >= 0.3 is 0 Å². The number of carbonyl (C=O) groups is 1. The fraction of sp³-hybridized carbons (Fsp3) is 0.300. The molecule has 8 heteroatoms. The summed E-state index contributed by atoms with van der Waals surface area (Å²) in [5, 5.41) is 5.90. The molecule has 0 aliphatic heterocycles. The van der Waals surface area contributed by atoms with Gasteiger partial charge in [0.2, 0.25) is 5.91 Å². The monoisotopic (exact) mass is 502 g/mol. The van der Waals surface area contributed by atoms with Crippen LogP contribution in [0.25, 0.3) is 0 Å². The van der Waals surface area contributed by atoms with E-state index in [0.717, 1.165) is 23.8 Å². The normalized spacial score (nSPS) is 10.8. The van der Waals surface area contributed by atoms with Crippen molar-refractivity contribution in [3.63, 3.8) is 0 Å². The van der Waals surface area contributed by atoms with Crippen molar-refractivity contribution in [2.24, 2.45) is 4.99 Å². The molecular weight excluding hydrogens is 477 g/mol. The highest BCUT2D eigenvalue weighted by molar-refractivity contribution is 14.0. The minimum Gasteiger partial charge on any atom is -0.356 e. The van der Waals surface area contributed by atoms with Crippen molar-refractivity contribution in [2.45, 2.75) is 19.5 Å². The van der Waals surface area contributed by atoms with Crippen LogP contribution in [0.15, 0.2) is 53.5 Å². The molecule has 5 nitrogen and oxygen atoms in total. The van der Waals surface area contributed by atoms with Crippen molar-refractivity contribution in [2.75, 3.05) is 20.6 Å². The Labute approximate surface area is 181 Å². The molecule has 0 aromatic heterocycles. The number of carbonyl (C=O) groups excluding carboxylic acids is 1. The van der Waals surface area contributed by atoms with Crippen molar-refractivity contribution >= 4 is 35.8 Å². The Hall–Kier alpha value is -2.23. The van der Waals surface area contributed by atoms with Gasteiger partial charge < -0.3 is 15.5 Å². The lowest BCUT2D eigenvalue weighted by atomic mass is 10.2. The van der Waals surface area contributed by atoms with E-state index in [1.54, 1.807) is 19.0 Å². The third-order valence-electron chi connectivity index (χ3n) is 4.00. The zero-order valence-corrected chi connectivity index (χ0v) is 18.2. The lowest BCUT2D eigenvalue weighted by Gasteiger charge is -2.18. The average molecular weight is 502 g/mol. The first kappa shape index (κ1) is 23.8. The van der Waals surface area contributed by atoms with Crippen LogP contribution in [0.3, 0.4) is 0 Å². The van der Waals surface area contributed by atoms with Gasteiger partial charge in [0.15, 0.2) is 5.96 Å². The van der Waals surface area contributed by atoms with Crippen LogP contribution < -0.4 is 10.6 Å². The number of hydrogen-bond donors (Lipinski definition) is 2. The van der Waals surface area contributed by atoms with E-state index < -0.39 is 11.6 Å². The molecule has 0 aliphatic carbocycles. The van der Waals surface area contributed by atoms with Gasteiger partial charge in [0, 0.05) is 45.7 Å².